The zero-order valence-corrected chi connectivity index (χ0v) is 8.99. The summed E-state index contributed by atoms with van der Waals surface area (Å²) in [6.45, 7) is 3.88. The minimum atomic E-state index is 0.0671. The third kappa shape index (κ3) is 1.96. The van der Waals surface area contributed by atoms with Gasteiger partial charge in [-0.25, -0.2) is 0 Å². The second-order valence-electron chi connectivity index (χ2n) is 3.63. The molecular weight excluding hydrogens is 196 g/mol. The first kappa shape index (κ1) is 9.68. The fourth-order valence-electron chi connectivity index (χ4n) is 1.63. The lowest BCUT2D eigenvalue weighted by molar-refractivity contribution is 0.0940. The topological polar surface area (TPSA) is 41.1 Å². The van der Waals surface area contributed by atoms with E-state index < -0.39 is 0 Å². The number of nitrogens with one attached hydrogen (secondary N) is 2. The molecule has 0 spiro atoms. The van der Waals surface area contributed by atoms with E-state index in [4.69, 9.17) is 0 Å². The van der Waals surface area contributed by atoms with E-state index in [-0.39, 0.29) is 5.91 Å². The van der Waals surface area contributed by atoms with E-state index in [9.17, 15) is 4.79 Å². The van der Waals surface area contributed by atoms with Gasteiger partial charge in [-0.1, -0.05) is 0 Å². The Kier molecular flexibility index (Phi) is 2.84. The van der Waals surface area contributed by atoms with Gasteiger partial charge in [0.05, 0.1) is 5.56 Å². The number of amides is 1. The number of thiophene rings is 1. The number of rotatable bonds is 2. The molecule has 1 atom stereocenters. The average Bonchev–Trinajstić information content (AvgIpc) is 2.75. The van der Waals surface area contributed by atoms with Crippen LogP contribution in [0.3, 0.4) is 0 Å². The molecule has 0 unspecified atom stereocenters. The number of carbonyl (C=O) groups excluding carboxylic acids is 1. The molecular formula is C10H14N2OS. The molecule has 14 heavy (non-hydrogen) atoms. The minimum Gasteiger partial charge on any atom is -0.348 e. The first-order chi connectivity index (χ1) is 6.77. The van der Waals surface area contributed by atoms with Gasteiger partial charge in [0.25, 0.3) is 5.91 Å². The zero-order valence-electron chi connectivity index (χ0n) is 8.17. The molecule has 1 saturated heterocycles. The van der Waals surface area contributed by atoms with E-state index in [0.29, 0.717) is 6.04 Å². The third-order valence-corrected chi connectivity index (χ3v) is 3.36. The van der Waals surface area contributed by atoms with Crippen LogP contribution in [-0.4, -0.2) is 25.0 Å². The van der Waals surface area contributed by atoms with E-state index >= 15 is 0 Å². The van der Waals surface area contributed by atoms with Crippen molar-refractivity contribution in [3.05, 3.63) is 21.9 Å². The van der Waals surface area contributed by atoms with Crippen LogP contribution in [0, 0.1) is 6.92 Å². The van der Waals surface area contributed by atoms with Gasteiger partial charge in [0, 0.05) is 18.0 Å². The largest absolute Gasteiger partial charge is 0.348 e. The van der Waals surface area contributed by atoms with Crippen molar-refractivity contribution in [2.75, 3.05) is 13.1 Å². The SMILES string of the molecule is Cc1cscc1C(=O)N[C@H]1CCNC1. The van der Waals surface area contributed by atoms with E-state index in [1.807, 2.05) is 17.7 Å². The Labute approximate surface area is 87.5 Å². The minimum absolute atomic E-state index is 0.0671. The van der Waals surface area contributed by atoms with Gasteiger partial charge in [-0.05, 0) is 30.8 Å². The lowest BCUT2D eigenvalue weighted by Crippen LogP contribution is -2.36. The average molecular weight is 210 g/mol. The molecule has 3 nitrogen and oxygen atoms in total. The van der Waals surface area contributed by atoms with Crippen molar-refractivity contribution in [2.24, 2.45) is 0 Å². The lowest BCUT2D eigenvalue weighted by atomic mass is 10.2. The van der Waals surface area contributed by atoms with Crippen LogP contribution in [0.25, 0.3) is 0 Å². The summed E-state index contributed by atoms with van der Waals surface area (Å²) >= 11 is 1.58. The summed E-state index contributed by atoms with van der Waals surface area (Å²) in [7, 11) is 0. The molecule has 2 heterocycles. The maximum absolute atomic E-state index is 11.8. The summed E-state index contributed by atoms with van der Waals surface area (Å²) in [5.74, 6) is 0.0671. The molecule has 1 aliphatic rings. The molecule has 0 aromatic carbocycles. The summed E-state index contributed by atoms with van der Waals surface area (Å²) in [4.78, 5) is 11.8. The number of aryl methyl sites for hydroxylation is 1. The van der Waals surface area contributed by atoms with Gasteiger partial charge >= 0.3 is 0 Å². The number of carbonyl (C=O) groups is 1. The molecule has 1 fully saturated rings. The third-order valence-electron chi connectivity index (χ3n) is 2.50. The Morgan fingerprint density at radius 2 is 2.50 bits per heavy atom. The van der Waals surface area contributed by atoms with Crippen LogP contribution in [0.4, 0.5) is 0 Å². The second-order valence-corrected chi connectivity index (χ2v) is 4.38. The standard InChI is InChI=1S/C10H14N2OS/c1-7-5-14-6-9(7)10(13)12-8-2-3-11-4-8/h5-6,8,11H,2-4H2,1H3,(H,12,13)/t8-/m0/s1. The summed E-state index contributed by atoms with van der Waals surface area (Å²) in [5, 5.41) is 10.2. The highest BCUT2D eigenvalue weighted by molar-refractivity contribution is 7.08. The molecule has 1 amide bonds. The fourth-order valence-corrected chi connectivity index (χ4v) is 2.46. The molecule has 1 aliphatic heterocycles. The number of hydrogen-bond donors (Lipinski definition) is 2. The zero-order chi connectivity index (χ0) is 9.97. The van der Waals surface area contributed by atoms with Gasteiger partial charge in [0.2, 0.25) is 0 Å². The van der Waals surface area contributed by atoms with Crippen LogP contribution < -0.4 is 10.6 Å². The summed E-state index contributed by atoms with van der Waals surface area (Å²) < 4.78 is 0. The van der Waals surface area contributed by atoms with Gasteiger partial charge in [0.1, 0.15) is 0 Å². The molecule has 1 aromatic rings. The van der Waals surface area contributed by atoms with Crippen LogP contribution in [0.15, 0.2) is 10.8 Å². The molecule has 4 heteroatoms. The quantitative estimate of drug-likeness (QED) is 0.769. The Hall–Kier alpha value is -0.870. The maximum atomic E-state index is 11.8. The highest BCUT2D eigenvalue weighted by Gasteiger charge is 2.18. The van der Waals surface area contributed by atoms with Gasteiger partial charge in [-0.2, -0.15) is 11.3 Å². The predicted octanol–water partition coefficient (Wildman–Crippen LogP) is 1.15. The molecule has 0 aliphatic carbocycles. The van der Waals surface area contributed by atoms with Crippen molar-refractivity contribution in [3.8, 4) is 0 Å². The summed E-state index contributed by atoms with van der Waals surface area (Å²) in [6.07, 6.45) is 1.04. The second kappa shape index (κ2) is 4.11. The van der Waals surface area contributed by atoms with E-state index in [1.165, 1.54) is 0 Å². The highest BCUT2D eigenvalue weighted by atomic mass is 32.1. The van der Waals surface area contributed by atoms with E-state index in [1.54, 1.807) is 11.3 Å². The first-order valence-electron chi connectivity index (χ1n) is 4.82. The summed E-state index contributed by atoms with van der Waals surface area (Å²) in [5.41, 5.74) is 1.89. The molecule has 2 rings (SSSR count). The predicted molar refractivity (Wildman–Crippen MR) is 57.8 cm³/mol. The lowest BCUT2D eigenvalue weighted by Gasteiger charge is -2.10. The Morgan fingerprint density at radius 1 is 1.64 bits per heavy atom. The van der Waals surface area contributed by atoms with Crippen molar-refractivity contribution in [2.45, 2.75) is 19.4 Å². The Morgan fingerprint density at radius 3 is 3.07 bits per heavy atom. The van der Waals surface area contributed by atoms with Gasteiger partial charge < -0.3 is 10.6 Å². The number of hydrogen-bond acceptors (Lipinski definition) is 3. The van der Waals surface area contributed by atoms with Crippen molar-refractivity contribution >= 4 is 17.2 Å². The summed E-state index contributed by atoms with van der Waals surface area (Å²) in [6, 6.07) is 0.307. The van der Waals surface area contributed by atoms with Gasteiger partial charge in [0.15, 0.2) is 0 Å². The first-order valence-corrected chi connectivity index (χ1v) is 5.76. The monoisotopic (exact) mass is 210 g/mol. The molecule has 0 radical (unpaired) electrons. The van der Waals surface area contributed by atoms with E-state index in [0.717, 1.165) is 30.6 Å². The Bertz CT molecular complexity index is 329. The van der Waals surface area contributed by atoms with Crippen molar-refractivity contribution in [3.63, 3.8) is 0 Å². The fraction of sp³-hybridized carbons (Fsp3) is 0.500. The molecule has 0 bridgehead atoms. The molecule has 1 aromatic heterocycles. The highest BCUT2D eigenvalue weighted by Crippen LogP contribution is 2.13. The molecule has 76 valence electrons. The van der Waals surface area contributed by atoms with Crippen LogP contribution in [0.5, 0.6) is 0 Å². The van der Waals surface area contributed by atoms with Crippen molar-refractivity contribution in [1.29, 1.82) is 0 Å². The van der Waals surface area contributed by atoms with Gasteiger partial charge in [-0.15, -0.1) is 0 Å². The van der Waals surface area contributed by atoms with E-state index in [2.05, 4.69) is 10.6 Å². The van der Waals surface area contributed by atoms with Crippen molar-refractivity contribution in [1.82, 2.24) is 10.6 Å². The molecule has 0 saturated carbocycles. The smallest absolute Gasteiger partial charge is 0.252 e. The van der Waals surface area contributed by atoms with Crippen molar-refractivity contribution < 1.29 is 4.79 Å². The Balaban J connectivity index is 1.98. The van der Waals surface area contributed by atoms with Crippen LogP contribution in [0.1, 0.15) is 22.3 Å². The normalized spacial score (nSPS) is 21.1. The van der Waals surface area contributed by atoms with Crippen LogP contribution >= 0.6 is 11.3 Å². The molecule has 2 N–H and O–H groups in total. The van der Waals surface area contributed by atoms with Crippen LogP contribution in [-0.2, 0) is 0 Å². The van der Waals surface area contributed by atoms with Crippen LogP contribution in [0.2, 0.25) is 0 Å². The van der Waals surface area contributed by atoms with Gasteiger partial charge in [-0.3, -0.25) is 4.79 Å². The maximum Gasteiger partial charge on any atom is 0.252 e.